The minimum Gasteiger partial charge on any atom is -0.490 e. The summed E-state index contributed by atoms with van der Waals surface area (Å²) in [7, 11) is 1.36. The normalized spacial score (nSPS) is 14.1. The van der Waals surface area contributed by atoms with Gasteiger partial charge in [0.15, 0.2) is 0 Å². The molecule has 1 aliphatic heterocycles. The number of ether oxygens (including phenoxy) is 2. The van der Waals surface area contributed by atoms with Gasteiger partial charge < -0.3 is 14.4 Å². The highest BCUT2D eigenvalue weighted by Gasteiger charge is 2.23. The summed E-state index contributed by atoms with van der Waals surface area (Å²) in [4.78, 5) is 13.8. The monoisotopic (exact) mass is 325 g/mol. The van der Waals surface area contributed by atoms with Crippen molar-refractivity contribution in [3.63, 3.8) is 0 Å². The van der Waals surface area contributed by atoms with Gasteiger partial charge in [0.05, 0.1) is 13.7 Å². The number of aromatic nitrogens is 2. The van der Waals surface area contributed by atoms with Crippen LogP contribution in [0.3, 0.4) is 0 Å². The summed E-state index contributed by atoms with van der Waals surface area (Å²) in [5, 5.41) is 8.59. The van der Waals surface area contributed by atoms with E-state index >= 15 is 0 Å². The fourth-order valence-corrected chi connectivity index (χ4v) is 3.03. The molecule has 0 atom stereocenters. The molecule has 1 aromatic carbocycles. The molecule has 0 fully saturated rings. The number of hydrogen-bond donors (Lipinski definition) is 0. The predicted molar refractivity (Wildman–Crippen MR) is 79.2 cm³/mol. The van der Waals surface area contributed by atoms with Crippen LogP contribution in [0, 0.1) is 0 Å². The molecule has 1 aromatic heterocycles. The van der Waals surface area contributed by atoms with Gasteiger partial charge in [-0.1, -0.05) is 23.5 Å². The fourth-order valence-electron chi connectivity index (χ4n) is 2.18. The first kappa shape index (κ1) is 14.1. The number of carbonyl (C=O) groups is 1. The van der Waals surface area contributed by atoms with E-state index in [0.29, 0.717) is 35.5 Å². The molecule has 6 nitrogen and oxygen atoms in total. The zero-order chi connectivity index (χ0) is 14.8. The first-order chi connectivity index (χ1) is 10.2. The van der Waals surface area contributed by atoms with E-state index in [1.165, 1.54) is 18.4 Å². The van der Waals surface area contributed by atoms with Crippen molar-refractivity contribution in [1.82, 2.24) is 10.2 Å². The Morgan fingerprint density at radius 3 is 3.05 bits per heavy atom. The number of methoxy groups -OCH3 is 1. The SMILES string of the molecule is COC(=O)c1cccc2c1OCCN(c1nnc(Cl)s1)C2. The van der Waals surface area contributed by atoms with Gasteiger partial charge >= 0.3 is 5.97 Å². The maximum atomic E-state index is 11.8. The second-order valence-corrected chi connectivity index (χ2v) is 5.93. The average molecular weight is 326 g/mol. The van der Waals surface area contributed by atoms with Crippen LogP contribution in [-0.2, 0) is 11.3 Å². The smallest absolute Gasteiger partial charge is 0.341 e. The van der Waals surface area contributed by atoms with Crippen molar-refractivity contribution in [3.05, 3.63) is 33.8 Å². The second kappa shape index (κ2) is 5.87. The number of fused-ring (bicyclic) bond motifs is 1. The molecule has 0 spiro atoms. The van der Waals surface area contributed by atoms with E-state index in [1.807, 2.05) is 17.0 Å². The van der Waals surface area contributed by atoms with E-state index in [9.17, 15) is 4.79 Å². The van der Waals surface area contributed by atoms with Gasteiger partial charge in [0.25, 0.3) is 0 Å². The van der Waals surface area contributed by atoms with Gasteiger partial charge in [0.1, 0.15) is 17.9 Å². The molecule has 2 heterocycles. The highest BCUT2D eigenvalue weighted by molar-refractivity contribution is 7.19. The van der Waals surface area contributed by atoms with E-state index < -0.39 is 5.97 Å². The molecule has 0 amide bonds. The molecule has 0 N–H and O–H groups in total. The van der Waals surface area contributed by atoms with Gasteiger partial charge in [-0.15, -0.1) is 10.2 Å². The van der Waals surface area contributed by atoms with Crippen LogP contribution in [0.4, 0.5) is 5.13 Å². The standard InChI is InChI=1S/C13H12ClN3O3S/c1-19-11(18)9-4-2-3-8-7-17(5-6-20-10(8)9)13-16-15-12(14)21-13/h2-4H,5-7H2,1H3. The number of para-hydroxylation sites is 1. The van der Waals surface area contributed by atoms with Crippen molar-refractivity contribution in [2.45, 2.75) is 6.54 Å². The van der Waals surface area contributed by atoms with Crippen LogP contribution >= 0.6 is 22.9 Å². The number of esters is 1. The lowest BCUT2D eigenvalue weighted by molar-refractivity contribution is 0.0596. The molecule has 0 saturated carbocycles. The van der Waals surface area contributed by atoms with Gasteiger partial charge in [-0.3, -0.25) is 0 Å². The fraction of sp³-hybridized carbons (Fsp3) is 0.308. The van der Waals surface area contributed by atoms with E-state index in [1.54, 1.807) is 6.07 Å². The lowest BCUT2D eigenvalue weighted by Crippen LogP contribution is -2.25. The van der Waals surface area contributed by atoms with Gasteiger partial charge in [-0.05, 0) is 17.7 Å². The predicted octanol–water partition coefficient (Wildman–Crippen LogP) is 2.38. The largest absolute Gasteiger partial charge is 0.490 e. The van der Waals surface area contributed by atoms with Gasteiger partial charge in [-0.2, -0.15) is 0 Å². The van der Waals surface area contributed by atoms with Crippen molar-refractivity contribution >= 4 is 34.0 Å². The Morgan fingerprint density at radius 1 is 1.48 bits per heavy atom. The minimum atomic E-state index is -0.403. The van der Waals surface area contributed by atoms with Gasteiger partial charge in [0.2, 0.25) is 9.60 Å². The zero-order valence-corrected chi connectivity index (χ0v) is 12.8. The number of benzene rings is 1. The van der Waals surface area contributed by atoms with Crippen LogP contribution in [0.1, 0.15) is 15.9 Å². The lowest BCUT2D eigenvalue weighted by Gasteiger charge is -2.17. The Bertz CT molecular complexity index is 676. The molecule has 0 unspecified atom stereocenters. The van der Waals surface area contributed by atoms with E-state index in [4.69, 9.17) is 21.1 Å². The number of hydrogen-bond acceptors (Lipinski definition) is 7. The van der Waals surface area contributed by atoms with Crippen molar-refractivity contribution < 1.29 is 14.3 Å². The van der Waals surface area contributed by atoms with Crippen LogP contribution < -0.4 is 9.64 Å². The summed E-state index contributed by atoms with van der Waals surface area (Å²) in [5.41, 5.74) is 1.34. The highest BCUT2D eigenvalue weighted by atomic mass is 35.5. The van der Waals surface area contributed by atoms with Gasteiger partial charge in [0, 0.05) is 12.1 Å². The first-order valence-electron chi connectivity index (χ1n) is 6.26. The molecule has 21 heavy (non-hydrogen) atoms. The Morgan fingerprint density at radius 2 is 2.33 bits per heavy atom. The lowest BCUT2D eigenvalue weighted by atomic mass is 10.1. The molecule has 1 aliphatic rings. The van der Waals surface area contributed by atoms with Crippen LogP contribution in [0.2, 0.25) is 4.47 Å². The third-order valence-corrected chi connectivity index (χ3v) is 4.21. The van der Waals surface area contributed by atoms with Crippen LogP contribution in [0.5, 0.6) is 5.75 Å². The quantitative estimate of drug-likeness (QED) is 0.790. The highest BCUT2D eigenvalue weighted by Crippen LogP contribution is 2.31. The molecular weight excluding hydrogens is 314 g/mol. The molecule has 2 aromatic rings. The molecule has 3 rings (SSSR count). The van der Waals surface area contributed by atoms with E-state index in [-0.39, 0.29) is 0 Å². The van der Waals surface area contributed by atoms with Crippen molar-refractivity contribution in [2.75, 3.05) is 25.2 Å². The molecule has 0 saturated heterocycles. The molecule has 0 radical (unpaired) electrons. The number of nitrogens with zero attached hydrogens (tertiary/aromatic N) is 3. The Kier molecular flexibility index (Phi) is 3.94. The maximum Gasteiger partial charge on any atom is 0.341 e. The van der Waals surface area contributed by atoms with Crippen LogP contribution in [0.15, 0.2) is 18.2 Å². The van der Waals surface area contributed by atoms with E-state index in [0.717, 1.165) is 10.7 Å². The zero-order valence-electron chi connectivity index (χ0n) is 11.2. The number of halogens is 1. The summed E-state index contributed by atoms with van der Waals surface area (Å²) in [6.45, 7) is 1.66. The number of anilines is 1. The molecule has 0 bridgehead atoms. The summed E-state index contributed by atoms with van der Waals surface area (Å²) in [5.74, 6) is 0.168. The Balaban J connectivity index is 1.94. The summed E-state index contributed by atoms with van der Waals surface area (Å²) >= 11 is 7.15. The number of rotatable bonds is 2. The van der Waals surface area contributed by atoms with Crippen LogP contribution in [0.25, 0.3) is 0 Å². The first-order valence-corrected chi connectivity index (χ1v) is 7.45. The minimum absolute atomic E-state index is 0.402. The van der Waals surface area contributed by atoms with E-state index in [2.05, 4.69) is 10.2 Å². The maximum absolute atomic E-state index is 11.8. The molecule has 110 valence electrons. The molecular formula is C13H12ClN3O3S. The van der Waals surface area contributed by atoms with Gasteiger partial charge in [-0.25, -0.2) is 4.79 Å². The third-order valence-electron chi connectivity index (χ3n) is 3.13. The van der Waals surface area contributed by atoms with Crippen molar-refractivity contribution in [2.24, 2.45) is 0 Å². The topological polar surface area (TPSA) is 64.6 Å². The average Bonchev–Trinajstić information content (AvgIpc) is 2.81. The van der Waals surface area contributed by atoms with Crippen molar-refractivity contribution in [1.29, 1.82) is 0 Å². The second-order valence-electron chi connectivity index (χ2n) is 4.39. The third kappa shape index (κ3) is 2.79. The Labute approximate surface area is 130 Å². The Hall–Kier alpha value is -1.86. The summed E-state index contributed by atoms with van der Waals surface area (Å²) < 4.78 is 10.9. The van der Waals surface area contributed by atoms with Crippen LogP contribution in [-0.4, -0.2) is 36.4 Å². The molecule has 8 heteroatoms. The summed E-state index contributed by atoms with van der Waals surface area (Å²) in [6.07, 6.45) is 0. The van der Waals surface area contributed by atoms with Crippen molar-refractivity contribution in [3.8, 4) is 5.75 Å². The summed E-state index contributed by atoms with van der Waals surface area (Å²) in [6, 6.07) is 5.43. The number of carbonyl (C=O) groups excluding carboxylic acids is 1. The molecule has 0 aliphatic carbocycles.